The second-order valence-electron chi connectivity index (χ2n) is 7.07. The molecule has 1 aromatic heterocycles. The Kier molecular flexibility index (Phi) is 8.31. The molecule has 0 aliphatic rings. The van der Waals surface area contributed by atoms with Gasteiger partial charge in [-0.25, -0.2) is 0 Å². The van der Waals surface area contributed by atoms with Gasteiger partial charge in [0, 0.05) is 17.8 Å². The maximum Gasteiger partial charge on any atom is 0.251 e. The van der Waals surface area contributed by atoms with Crippen LogP contribution in [0.15, 0.2) is 53.7 Å². The number of anilines is 1. The van der Waals surface area contributed by atoms with E-state index >= 15 is 0 Å². The monoisotopic (exact) mass is 469 g/mol. The van der Waals surface area contributed by atoms with Crippen molar-refractivity contribution in [1.29, 1.82) is 0 Å². The van der Waals surface area contributed by atoms with E-state index in [2.05, 4.69) is 20.8 Å². The van der Waals surface area contributed by atoms with Gasteiger partial charge in [0.25, 0.3) is 5.91 Å². The summed E-state index contributed by atoms with van der Waals surface area (Å²) in [6.45, 7) is 4.42. The molecule has 3 aromatic rings. The van der Waals surface area contributed by atoms with Gasteiger partial charge in [-0.1, -0.05) is 11.8 Å². The van der Waals surface area contributed by atoms with Crippen LogP contribution in [0.25, 0.3) is 0 Å². The normalized spacial score (nSPS) is 11.5. The van der Waals surface area contributed by atoms with Gasteiger partial charge in [0.15, 0.2) is 11.0 Å². The summed E-state index contributed by atoms with van der Waals surface area (Å²) in [5.41, 5.74) is 1.21. The van der Waals surface area contributed by atoms with Gasteiger partial charge in [0.1, 0.15) is 11.5 Å². The maximum atomic E-state index is 12.6. The van der Waals surface area contributed by atoms with E-state index in [1.807, 2.05) is 18.4 Å². The summed E-state index contributed by atoms with van der Waals surface area (Å²) < 4.78 is 12.1. The Morgan fingerprint density at radius 3 is 2.18 bits per heavy atom. The van der Waals surface area contributed by atoms with Gasteiger partial charge in [-0.05, 0) is 62.4 Å². The van der Waals surface area contributed by atoms with Gasteiger partial charge in [-0.15, -0.1) is 10.2 Å². The topological polar surface area (TPSA) is 107 Å². The number of aromatic nitrogens is 3. The third-order valence-electron chi connectivity index (χ3n) is 4.85. The van der Waals surface area contributed by atoms with Gasteiger partial charge in [-0.2, -0.15) is 0 Å². The van der Waals surface area contributed by atoms with Crippen molar-refractivity contribution in [2.75, 3.05) is 25.3 Å². The first-order valence-electron chi connectivity index (χ1n) is 10.4. The van der Waals surface area contributed by atoms with Crippen LogP contribution in [0.4, 0.5) is 5.69 Å². The number of rotatable bonds is 10. The van der Waals surface area contributed by atoms with E-state index in [0.29, 0.717) is 34.5 Å². The second-order valence-corrected chi connectivity index (χ2v) is 8.02. The van der Waals surface area contributed by atoms with Crippen LogP contribution in [0, 0.1) is 0 Å². The average Bonchev–Trinajstić information content (AvgIpc) is 3.26. The summed E-state index contributed by atoms with van der Waals surface area (Å²) in [5.74, 6) is 1.83. The van der Waals surface area contributed by atoms with Crippen LogP contribution in [0.3, 0.4) is 0 Å². The number of ether oxygens (including phenoxy) is 2. The standard InChI is InChI=1S/C23H27N5O4S/c1-5-28-21(15(2)24-22(30)16-6-10-18(31-3)11-7-16)26-27-23(28)33-14-20(29)25-17-8-12-19(32-4)13-9-17/h6-13,15H,5,14H2,1-4H3,(H,24,30)(H,25,29)/t15-/m1/s1. The third-order valence-corrected chi connectivity index (χ3v) is 5.82. The number of carbonyl (C=O) groups excluding carboxylic acids is 2. The zero-order valence-corrected chi connectivity index (χ0v) is 19.8. The molecule has 1 heterocycles. The number of nitrogens with one attached hydrogen (secondary N) is 2. The highest BCUT2D eigenvalue weighted by Gasteiger charge is 2.20. The van der Waals surface area contributed by atoms with E-state index < -0.39 is 0 Å². The summed E-state index contributed by atoms with van der Waals surface area (Å²) in [5, 5.41) is 14.9. The van der Waals surface area contributed by atoms with Crippen molar-refractivity contribution in [1.82, 2.24) is 20.1 Å². The number of nitrogens with zero attached hydrogens (tertiary/aromatic N) is 3. The Labute approximate surface area is 196 Å². The Morgan fingerprint density at radius 1 is 1.00 bits per heavy atom. The molecule has 174 valence electrons. The Bertz CT molecular complexity index is 1080. The number of benzene rings is 2. The van der Waals surface area contributed by atoms with E-state index in [4.69, 9.17) is 9.47 Å². The lowest BCUT2D eigenvalue weighted by molar-refractivity contribution is -0.113. The molecule has 33 heavy (non-hydrogen) atoms. The van der Waals surface area contributed by atoms with Gasteiger partial charge in [0.2, 0.25) is 5.91 Å². The molecule has 1 atom stereocenters. The molecule has 0 aliphatic carbocycles. The molecule has 3 rings (SSSR count). The minimum atomic E-state index is -0.366. The number of amides is 2. The molecule has 0 fully saturated rings. The van der Waals surface area contributed by atoms with Crippen LogP contribution in [0.1, 0.15) is 36.1 Å². The van der Waals surface area contributed by atoms with E-state index in [1.54, 1.807) is 62.8 Å². The minimum absolute atomic E-state index is 0.154. The van der Waals surface area contributed by atoms with Crippen LogP contribution in [-0.2, 0) is 11.3 Å². The first-order valence-corrected chi connectivity index (χ1v) is 11.4. The lowest BCUT2D eigenvalue weighted by Crippen LogP contribution is -2.28. The predicted octanol–water partition coefficient (Wildman–Crippen LogP) is 3.54. The molecule has 10 heteroatoms. The highest BCUT2D eigenvalue weighted by molar-refractivity contribution is 7.99. The molecule has 9 nitrogen and oxygen atoms in total. The van der Waals surface area contributed by atoms with Gasteiger partial charge in [-0.3, -0.25) is 9.59 Å². The summed E-state index contributed by atoms with van der Waals surface area (Å²) in [4.78, 5) is 24.9. The highest BCUT2D eigenvalue weighted by atomic mass is 32.2. The largest absolute Gasteiger partial charge is 0.497 e. The van der Waals surface area contributed by atoms with Gasteiger partial charge in [0.05, 0.1) is 26.0 Å². The minimum Gasteiger partial charge on any atom is -0.497 e. The maximum absolute atomic E-state index is 12.6. The lowest BCUT2D eigenvalue weighted by Gasteiger charge is -2.15. The first kappa shape index (κ1) is 24.1. The zero-order valence-electron chi connectivity index (χ0n) is 19.0. The summed E-state index contributed by atoms with van der Waals surface area (Å²) in [6, 6.07) is 13.6. The van der Waals surface area contributed by atoms with Crippen molar-refractivity contribution < 1.29 is 19.1 Å². The quantitative estimate of drug-likeness (QED) is 0.437. The summed E-state index contributed by atoms with van der Waals surface area (Å²) >= 11 is 1.29. The zero-order chi connectivity index (χ0) is 23.8. The fraction of sp³-hybridized carbons (Fsp3) is 0.304. The molecule has 0 spiro atoms. The highest BCUT2D eigenvalue weighted by Crippen LogP contribution is 2.22. The molecule has 2 aromatic carbocycles. The Morgan fingerprint density at radius 2 is 1.61 bits per heavy atom. The fourth-order valence-corrected chi connectivity index (χ4v) is 3.92. The number of hydrogen-bond donors (Lipinski definition) is 2. The smallest absolute Gasteiger partial charge is 0.251 e. The molecule has 0 radical (unpaired) electrons. The SMILES string of the molecule is CCn1c(SCC(=O)Nc2ccc(OC)cc2)nnc1[C@@H](C)NC(=O)c1ccc(OC)cc1. The molecule has 2 amide bonds. The van der Waals surface area contributed by atoms with Crippen LogP contribution in [-0.4, -0.2) is 46.6 Å². The predicted molar refractivity (Wildman–Crippen MR) is 127 cm³/mol. The van der Waals surface area contributed by atoms with Crippen LogP contribution >= 0.6 is 11.8 Å². The molecule has 0 saturated carbocycles. The van der Waals surface area contributed by atoms with E-state index in [9.17, 15) is 9.59 Å². The Balaban J connectivity index is 1.59. The molecule has 0 aliphatic heterocycles. The molecule has 0 bridgehead atoms. The first-order chi connectivity index (χ1) is 15.9. The van der Waals surface area contributed by atoms with Crippen molar-refractivity contribution in [3.8, 4) is 11.5 Å². The van der Waals surface area contributed by atoms with Gasteiger partial charge < -0.3 is 24.7 Å². The second kappa shape index (κ2) is 11.4. The molecule has 0 unspecified atom stereocenters. The third kappa shape index (κ3) is 6.26. The fourth-order valence-electron chi connectivity index (χ4n) is 3.11. The number of thioether (sulfide) groups is 1. The summed E-state index contributed by atoms with van der Waals surface area (Å²) in [7, 11) is 3.17. The van der Waals surface area contributed by atoms with E-state index in [-0.39, 0.29) is 23.6 Å². The van der Waals surface area contributed by atoms with E-state index in [1.165, 1.54) is 11.8 Å². The van der Waals surface area contributed by atoms with Crippen molar-refractivity contribution in [2.24, 2.45) is 0 Å². The molecular weight excluding hydrogens is 442 g/mol. The Hall–Kier alpha value is -3.53. The molecule has 0 saturated heterocycles. The van der Waals surface area contributed by atoms with Crippen molar-refractivity contribution in [3.63, 3.8) is 0 Å². The summed E-state index contributed by atoms with van der Waals surface area (Å²) in [6.07, 6.45) is 0. The van der Waals surface area contributed by atoms with Crippen molar-refractivity contribution >= 4 is 29.3 Å². The number of carbonyl (C=O) groups is 2. The van der Waals surface area contributed by atoms with Gasteiger partial charge >= 0.3 is 0 Å². The average molecular weight is 470 g/mol. The number of hydrogen-bond acceptors (Lipinski definition) is 7. The van der Waals surface area contributed by atoms with E-state index in [0.717, 1.165) is 5.75 Å². The van der Waals surface area contributed by atoms with Crippen LogP contribution < -0.4 is 20.1 Å². The number of methoxy groups -OCH3 is 2. The van der Waals surface area contributed by atoms with Crippen molar-refractivity contribution in [2.45, 2.75) is 31.6 Å². The molecule has 2 N–H and O–H groups in total. The van der Waals surface area contributed by atoms with Crippen molar-refractivity contribution in [3.05, 3.63) is 59.9 Å². The van der Waals surface area contributed by atoms with Crippen LogP contribution in [0.2, 0.25) is 0 Å². The van der Waals surface area contributed by atoms with Crippen LogP contribution in [0.5, 0.6) is 11.5 Å². The molecular formula is C23H27N5O4S. The lowest BCUT2D eigenvalue weighted by atomic mass is 10.2.